The SMILES string of the molecule is CCOc1ccccc1CNC(=O)Cn1cc(-c2nnco2)c2ccccc21. The number of carbonyl (C=O) groups excluding carboxylic acids is 1. The standard InChI is InChI=1S/C21H20N4O3/c1-2-27-19-10-6-3-7-15(19)11-22-20(26)13-25-12-17(21-24-23-14-28-21)16-8-4-5-9-18(16)25/h3-10,12,14H,2,11,13H2,1H3,(H,22,26). The number of amides is 1. The quantitative estimate of drug-likeness (QED) is 0.534. The molecule has 0 saturated heterocycles. The average molecular weight is 376 g/mol. The fraction of sp³-hybridized carbons (Fsp3) is 0.190. The first-order valence-electron chi connectivity index (χ1n) is 9.08. The largest absolute Gasteiger partial charge is 0.494 e. The van der Waals surface area contributed by atoms with Gasteiger partial charge in [0.15, 0.2) is 0 Å². The molecule has 0 fully saturated rings. The van der Waals surface area contributed by atoms with Crippen LogP contribution in [0.5, 0.6) is 5.75 Å². The molecule has 0 saturated carbocycles. The molecule has 142 valence electrons. The van der Waals surface area contributed by atoms with Gasteiger partial charge in [-0.2, -0.15) is 0 Å². The molecule has 0 radical (unpaired) electrons. The van der Waals surface area contributed by atoms with Crippen molar-refractivity contribution in [2.75, 3.05) is 6.61 Å². The highest BCUT2D eigenvalue weighted by Crippen LogP contribution is 2.29. The van der Waals surface area contributed by atoms with E-state index in [1.165, 1.54) is 6.39 Å². The van der Waals surface area contributed by atoms with Crippen LogP contribution in [0.2, 0.25) is 0 Å². The lowest BCUT2D eigenvalue weighted by atomic mass is 10.2. The first-order valence-corrected chi connectivity index (χ1v) is 9.08. The average Bonchev–Trinajstić information content (AvgIpc) is 3.36. The number of carbonyl (C=O) groups is 1. The molecule has 0 aliphatic rings. The van der Waals surface area contributed by atoms with E-state index in [0.29, 0.717) is 19.0 Å². The monoisotopic (exact) mass is 376 g/mol. The maximum absolute atomic E-state index is 12.6. The molecular formula is C21H20N4O3. The van der Waals surface area contributed by atoms with Crippen LogP contribution in [-0.2, 0) is 17.9 Å². The van der Waals surface area contributed by atoms with Crippen LogP contribution in [0.25, 0.3) is 22.4 Å². The van der Waals surface area contributed by atoms with Crippen molar-refractivity contribution in [2.45, 2.75) is 20.0 Å². The van der Waals surface area contributed by atoms with Crippen LogP contribution in [0.1, 0.15) is 12.5 Å². The van der Waals surface area contributed by atoms with Crippen molar-refractivity contribution in [3.63, 3.8) is 0 Å². The molecule has 4 aromatic rings. The predicted octanol–water partition coefficient (Wildman–Crippen LogP) is 3.41. The van der Waals surface area contributed by atoms with E-state index < -0.39 is 0 Å². The summed E-state index contributed by atoms with van der Waals surface area (Å²) in [5.41, 5.74) is 2.68. The lowest BCUT2D eigenvalue weighted by Crippen LogP contribution is -2.27. The molecule has 0 bridgehead atoms. The van der Waals surface area contributed by atoms with Crippen molar-refractivity contribution in [2.24, 2.45) is 0 Å². The van der Waals surface area contributed by atoms with Crippen molar-refractivity contribution < 1.29 is 13.9 Å². The van der Waals surface area contributed by atoms with Crippen molar-refractivity contribution in [3.8, 4) is 17.2 Å². The highest BCUT2D eigenvalue weighted by molar-refractivity contribution is 5.94. The van der Waals surface area contributed by atoms with Crippen LogP contribution in [0.3, 0.4) is 0 Å². The van der Waals surface area contributed by atoms with Gasteiger partial charge in [0, 0.05) is 29.2 Å². The number of ether oxygens (including phenoxy) is 1. The second-order valence-electron chi connectivity index (χ2n) is 6.25. The molecule has 4 rings (SSSR count). The zero-order valence-corrected chi connectivity index (χ0v) is 15.5. The van der Waals surface area contributed by atoms with Crippen LogP contribution >= 0.6 is 0 Å². The predicted molar refractivity (Wildman–Crippen MR) is 105 cm³/mol. The molecule has 0 spiro atoms. The maximum atomic E-state index is 12.6. The van der Waals surface area contributed by atoms with Crippen molar-refractivity contribution >= 4 is 16.8 Å². The number of nitrogens with one attached hydrogen (secondary N) is 1. The van der Waals surface area contributed by atoms with Gasteiger partial charge >= 0.3 is 0 Å². The van der Waals surface area contributed by atoms with Crippen LogP contribution in [0.15, 0.2) is 65.5 Å². The second kappa shape index (κ2) is 7.96. The minimum absolute atomic E-state index is 0.0934. The third kappa shape index (κ3) is 3.59. The number of para-hydroxylation sites is 2. The number of benzene rings is 2. The van der Waals surface area contributed by atoms with Gasteiger partial charge in [0.05, 0.1) is 12.2 Å². The van der Waals surface area contributed by atoms with E-state index in [1.54, 1.807) is 0 Å². The van der Waals surface area contributed by atoms with E-state index in [-0.39, 0.29) is 12.5 Å². The Bertz CT molecular complexity index is 1090. The molecule has 7 nitrogen and oxygen atoms in total. The smallest absolute Gasteiger partial charge is 0.249 e. The van der Waals surface area contributed by atoms with E-state index in [2.05, 4.69) is 15.5 Å². The van der Waals surface area contributed by atoms with Gasteiger partial charge < -0.3 is 19.0 Å². The number of hydrogen-bond acceptors (Lipinski definition) is 5. The molecular weight excluding hydrogens is 356 g/mol. The highest BCUT2D eigenvalue weighted by Gasteiger charge is 2.15. The molecule has 7 heteroatoms. The summed E-state index contributed by atoms with van der Waals surface area (Å²) in [6.45, 7) is 3.11. The van der Waals surface area contributed by atoms with Crippen LogP contribution < -0.4 is 10.1 Å². The van der Waals surface area contributed by atoms with Crippen molar-refractivity contribution in [1.82, 2.24) is 20.1 Å². The first-order chi connectivity index (χ1) is 13.8. The van der Waals surface area contributed by atoms with Gasteiger partial charge in [-0.3, -0.25) is 4.79 Å². The Kier molecular flexibility index (Phi) is 5.05. The summed E-state index contributed by atoms with van der Waals surface area (Å²) in [7, 11) is 0. The van der Waals surface area contributed by atoms with Gasteiger partial charge in [0.25, 0.3) is 0 Å². The zero-order valence-electron chi connectivity index (χ0n) is 15.5. The summed E-state index contributed by atoms with van der Waals surface area (Å²) in [5.74, 6) is 1.13. The molecule has 0 aliphatic carbocycles. The van der Waals surface area contributed by atoms with Crippen molar-refractivity contribution in [1.29, 1.82) is 0 Å². The Balaban J connectivity index is 1.52. The van der Waals surface area contributed by atoms with Gasteiger partial charge in [0.2, 0.25) is 18.2 Å². The lowest BCUT2D eigenvalue weighted by molar-refractivity contribution is -0.121. The van der Waals surface area contributed by atoms with E-state index in [9.17, 15) is 4.79 Å². The van der Waals surface area contributed by atoms with Crippen LogP contribution in [0, 0.1) is 0 Å². The van der Waals surface area contributed by atoms with Crippen LogP contribution in [0.4, 0.5) is 0 Å². The van der Waals surface area contributed by atoms with E-state index in [0.717, 1.165) is 27.8 Å². The van der Waals surface area contributed by atoms with Gasteiger partial charge in [-0.25, -0.2) is 0 Å². The summed E-state index contributed by atoms with van der Waals surface area (Å²) >= 11 is 0. The summed E-state index contributed by atoms with van der Waals surface area (Å²) in [4.78, 5) is 12.6. The van der Waals surface area contributed by atoms with E-state index in [4.69, 9.17) is 9.15 Å². The Morgan fingerprint density at radius 2 is 2.00 bits per heavy atom. The summed E-state index contributed by atoms with van der Waals surface area (Å²) < 4.78 is 12.8. The summed E-state index contributed by atoms with van der Waals surface area (Å²) in [6.07, 6.45) is 3.16. The fourth-order valence-corrected chi connectivity index (χ4v) is 3.19. The van der Waals surface area contributed by atoms with Gasteiger partial charge in [0.1, 0.15) is 12.3 Å². The summed E-state index contributed by atoms with van der Waals surface area (Å²) in [5, 5.41) is 11.7. The zero-order chi connectivity index (χ0) is 19.3. The third-order valence-electron chi connectivity index (χ3n) is 4.44. The Labute approximate surface area is 161 Å². The molecule has 0 unspecified atom stereocenters. The minimum atomic E-state index is -0.0934. The third-order valence-corrected chi connectivity index (χ3v) is 4.44. The minimum Gasteiger partial charge on any atom is -0.494 e. The molecule has 2 heterocycles. The van der Waals surface area contributed by atoms with Gasteiger partial charge in [-0.15, -0.1) is 10.2 Å². The Morgan fingerprint density at radius 1 is 1.18 bits per heavy atom. The topological polar surface area (TPSA) is 82.2 Å². The maximum Gasteiger partial charge on any atom is 0.249 e. The molecule has 1 amide bonds. The first kappa shape index (κ1) is 17.8. The number of hydrogen-bond donors (Lipinski definition) is 1. The van der Waals surface area contributed by atoms with Gasteiger partial charge in [-0.1, -0.05) is 36.4 Å². The van der Waals surface area contributed by atoms with Gasteiger partial charge in [-0.05, 0) is 19.1 Å². The summed E-state index contributed by atoms with van der Waals surface area (Å²) in [6, 6.07) is 15.5. The molecule has 2 aromatic heterocycles. The highest BCUT2D eigenvalue weighted by atomic mass is 16.5. The number of nitrogens with zero attached hydrogens (tertiary/aromatic N) is 3. The van der Waals surface area contributed by atoms with Crippen LogP contribution in [-0.4, -0.2) is 27.3 Å². The molecule has 2 aromatic carbocycles. The normalized spacial score (nSPS) is 10.9. The molecule has 1 N–H and O–H groups in total. The fourth-order valence-electron chi connectivity index (χ4n) is 3.19. The van der Waals surface area contributed by atoms with E-state index >= 15 is 0 Å². The van der Waals surface area contributed by atoms with E-state index in [1.807, 2.05) is 66.2 Å². The number of fused-ring (bicyclic) bond motifs is 1. The molecule has 0 aliphatic heterocycles. The number of rotatable bonds is 7. The number of aromatic nitrogens is 3. The van der Waals surface area contributed by atoms with Crippen molar-refractivity contribution in [3.05, 3.63) is 66.7 Å². The molecule has 0 atom stereocenters. The second-order valence-corrected chi connectivity index (χ2v) is 6.25. The lowest BCUT2D eigenvalue weighted by Gasteiger charge is -2.11. The molecule has 28 heavy (non-hydrogen) atoms. The Hall–Kier alpha value is -3.61. The Morgan fingerprint density at radius 3 is 2.82 bits per heavy atom.